The summed E-state index contributed by atoms with van der Waals surface area (Å²) in [5.74, 6) is 1.28. The third kappa shape index (κ3) is 4.67. The average Bonchev–Trinajstić information content (AvgIpc) is 2.61. The molecular weight excluding hydrogens is 342 g/mol. The molecule has 0 saturated heterocycles. The summed E-state index contributed by atoms with van der Waals surface area (Å²) in [5, 5.41) is 3.37. The quantitative estimate of drug-likeness (QED) is 0.778. The zero-order chi connectivity index (χ0) is 18.4. The van der Waals surface area contributed by atoms with Crippen LogP contribution in [0.2, 0.25) is 5.02 Å². The fourth-order valence-electron chi connectivity index (χ4n) is 2.27. The molecule has 1 amide bonds. The highest BCUT2D eigenvalue weighted by atomic mass is 35.5. The Hall–Kier alpha value is -2.66. The second-order valence-electron chi connectivity index (χ2n) is 5.24. The van der Waals surface area contributed by atoms with Crippen LogP contribution in [0.4, 0.5) is 5.69 Å². The van der Waals surface area contributed by atoms with Gasteiger partial charge in [0.1, 0.15) is 0 Å². The standard InChI is InChI=1S/C19H20ClNO4/c1-12-5-7-14(20)11-15(12)21-18(22)8-6-13-9-16(23-2)19(25-4)17(10-13)24-3/h5-11H,1-4H3,(H,21,22). The van der Waals surface area contributed by atoms with Gasteiger partial charge in [0.2, 0.25) is 11.7 Å². The number of hydrogen-bond donors (Lipinski definition) is 1. The SMILES string of the molecule is COc1cc(C=CC(=O)Nc2cc(Cl)ccc2C)cc(OC)c1OC. The molecule has 0 saturated carbocycles. The smallest absolute Gasteiger partial charge is 0.248 e. The van der Waals surface area contributed by atoms with Gasteiger partial charge in [-0.2, -0.15) is 0 Å². The van der Waals surface area contributed by atoms with Crippen LogP contribution in [0, 0.1) is 6.92 Å². The van der Waals surface area contributed by atoms with E-state index in [4.69, 9.17) is 25.8 Å². The van der Waals surface area contributed by atoms with Gasteiger partial charge in [-0.25, -0.2) is 0 Å². The molecule has 0 aliphatic heterocycles. The number of aryl methyl sites for hydroxylation is 1. The van der Waals surface area contributed by atoms with Crippen LogP contribution in [-0.4, -0.2) is 27.2 Å². The van der Waals surface area contributed by atoms with E-state index in [0.29, 0.717) is 28.0 Å². The molecule has 0 unspecified atom stereocenters. The summed E-state index contributed by atoms with van der Waals surface area (Å²) in [6.07, 6.45) is 3.10. The van der Waals surface area contributed by atoms with E-state index in [1.165, 1.54) is 13.2 Å². The van der Waals surface area contributed by atoms with Crippen molar-refractivity contribution in [3.8, 4) is 17.2 Å². The molecule has 132 valence electrons. The van der Waals surface area contributed by atoms with Gasteiger partial charge < -0.3 is 19.5 Å². The number of hydrogen-bond acceptors (Lipinski definition) is 4. The number of ether oxygens (including phenoxy) is 3. The minimum atomic E-state index is -0.265. The molecule has 1 N–H and O–H groups in total. The Morgan fingerprint density at radius 3 is 2.24 bits per heavy atom. The number of amides is 1. The highest BCUT2D eigenvalue weighted by molar-refractivity contribution is 6.31. The summed E-state index contributed by atoms with van der Waals surface area (Å²) < 4.78 is 15.9. The fraction of sp³-hybridized carbons (Fsp3) is 0.211. The highest BCUT2D eigenvalue weighted by Crippen LogP contribution is 2.38. The van der Waals surface area contributed by atoms with E-state index in [9.17, 15) is 4.79 Å². The van der Waals surface area contributed by atoms with Crippen LogP contribution in [0.1, 0.15) is 11.1 Å². The van der Waals surface area contributed by atoms with Crippen molar-refractivity contribution in [3.63, 3.8) is 0 Å². The number of rotatable bonds is 6. The van der Waals surface area contributed by atoms with E-state index in [-0.39, 0.29) is 5.91 Å². The maximum atomic E-state index is 12.2. The third-order valence-corrected chi connectivity index (χ3v) is 3.81. The Balaban J connectivity index is 2.20. The molecule has 6 heteroatoms. The van der Waals surface area contributed by atoms with Gasteiger partial charge >= 0.3 is 0 Å². The van der Waals surface area contributed by atoms with Gasteiger partial charge in [-0.1, -0.05) is 17.7 Å². The molecule has 2 rings (SSSR count). The molecule has 0 heterocycles. The number of carbonyl (C=O) groups excluding carboxylic acids is 1. The zero-order valence-electron chi connectivity index (χ0n) is 14.6. The van der Waals surface area contributed by atoms with Crippen molar-refractivity contribution in [3.05, 3.63) is 52.6 Å². The Morgan fingerprint density at radius 1 is 1.04 bits per heavy atom. The molecule has 0 spiro atoms. The molecule has 0 aliphatic rings. The van der Waals surface area contributed by atoms with Gasteiger partial charge in [0.05, 0.1) is 21.3 Å². The minimum Gasteiger partial charge on any atom is -0.493 e. The van der Waals surface area contributed by atoms with Crippen molar-refractivity contribution in [2.24, 2.45) is 0 Å². The first kappa shape index (κ1) is 18.7. The van der Waals surface area contributed by atoms with Crippen molar-refractivity contribution in [2.75, 3.05) is 26.6 Å². The van der Waals surface area contributed by atoms with Crippen molar-refractivity contribution < 1.29 is 19.0 Å². The van der Waals surface area contributed by atoms with Gasteiger partial charge in [-0.3, -0.25) is 4.79 Å². The van der Waals surface area contributed by atoms with Gasteiger partial charge in [0, 0.05) is 16.8 Å². The Kier molecular flexibility index (Phi) is 6.31. The van der Waals surface area contributed by atoms with Crippen LogP contribution in [0.25, 0.3) is 6.08 Å². The largest absolute Gasteiger partial charge is 0.493 e. The van der Waals surface area contributed by atoms with E-state index in [1.807, 2.05) is 13.0 Å². The van der Waals surface area contributed by atoms with E-state index in [1.54, 1.807) is 44.6 Å². The molecule has 5 nitrogen and oxygen atoms in total. The Labute approximate surface area is 152 Å². The van der Waals surface area contributed by atoms with Crippen LogP contribution in [0.5, 0.6) is 17.2 Å². The van der Waals surface area contributed by atoms with Crippen LogP contribution in [0.3, 0.4) is 0 Å². The Bertz CT molecular complexity index is 777. The second kappa shape index (κ2) is 8.44. The lowest BCUT2D eigenvalue weighted by atomic mass is 10.1. The van der Waals surface area contributed by atoms with E-state index < -0.39 is 0 Å². The van der Waals surface area contributed by atoms with Crippen molar-refractivity contribution >= 4 is 29.3 Å². The monoisotopic (exact) mass is 361 g/mol. The van der Waals surface area contributed by atoms with E-state index >= 15 is 0 Å². The normalized spacial score (nSPS) is 10.6. The summed E-state index contributed by atoms with van der Waals surface area (Å²) in [6.45, 7) is 1.90. The first-order valence-electron chi connectivity index (χ1n) is 7.53. The molecule has 25 heavy (non-hydrogen) atoms. The molecule has 0 aliphatic carbocycles. The first-order valence-corrected chi connectivity index (χ1v) is 7.91. The van der Waals surface area contributed by atoms with Crippen LogP contribution in [-0.2, 0) is 4.79 Å². The first-order chi connectivity index (χ1) is 12.0. The summed E-state index contributed by atoms with van der Waals surface area (Å²) in [6, 6.07) is 8.85. The zero-order valence-corrected chi connectivity index (χ0v) is 15.3. The molecule has 0 aromatic heterocycles. The Morgan fingerprint density at radius 2 is 1.68 bits per heavy atom. The molecule has 0 radical (unpaired) electrons. The van der Waals surface area contributed by atoms with Crippen LogP contribution in [0.15, 0.2) is 36.4 Å². The van der Waals surface area contributed by atoms with Crippen LogP contribution < -0.4 is 19.5 Å². The summed E-state index contributed by atoms with van der Waals surface area (Å²) in [5.41, 5.74) is 2.35. The molecule has 0 fully saturated rings. The number of carbonyl (C=O) groups is 1. The number of methoxy groups -OCH3 is 3. The van der Waals surface area contributed by atoms with E-state index in [2.05, 4.69) is 5.32 Å². The van der Waals surface area contributed by atoms with Crippen molar-refractivity contribution in [1.82, 2.24) is 0 Å². The van der Waals surface area contributed by atoms with Crippen LogP contribution >= 0.6 is 11.6 Å². The van der Waals surface area contributed by atoms with Crippen molar-refractivity contribution in [2.45, 2.75) is 6.92 Å². The maximum Gasteiger partial charge on any atom is 0.248 e. The molecular formula is C19H20ClNO4. The second-order valence-corrected chi connectivity index (χ2v) is 5.68. The lowest BCUT2D eigenvalue weighted by molar-refractivity contribution is -0.111. The molecule has 0 bridgehead atoms. The number of halogens is 1. The van der Waals surface area contributed by atoms with Gasteiger partial charge in [-0.15, -0.1) is 0 Å². The minimum absolute atomic E-state index is 0.265. The number of benzene rings is 2. The number of nitrogens with one attached hydrogen (secondary N) is 1. The number of anilines is 1. The molecule has 2 aromatic rings. The predicted molar refractivity (Wildman–Crippen MR) is 100.0 cm³/mol. The lowest BCUT2D eigenvalue weighted by Crippen LogP contribution is -2.08. The van der Waals surface area contributed by atoms with Gasteiger partial charge in [0.15, 0.2) is 11.5 Å². The highest BCUT2D eigenvalue weighted by Gasteiger charge is 2.12. The van der Waals surface area contributed by atoms with Crippen molar-refractivity contribution in [1.29, 1.82) is 0 Å². The van der Waals surface area contributed by atoms with Gasteiger partial charge in [-0.05, 0) is 48.4 Å². The fourth-order valence-corrected chi connectivity index (χ4v) is 2.44. The third-order valence-electron chi connectivity index (χ3n) is 3.57. The molecule has 2 aromatic carbocycles. The average molecular weight is 362 g/mol. The molecule has 0 atom stereocenters. The lowest BCUT2D eigenvalue weighted by Gasteiger charge is -2.12. The summed E-state index contributed by atoms with van der Waals surface area (Å²) in [4.78, 5) is 12.2. The maximum absolute atomic E-state index is 12.2. The summed E-state index contributed by atoms with van der Waals surface area (Å²) in [7, 11) is 4.62. The topological polar surface area (TPSA) is 56.8 Å². The summed E-state index contributed by atoms with van der Waals surface area (Å²) >= 11 is 5.96. The van der Waals surface area contributed by atoms with E-state index in [0.717, 1.165) is 11.1 Å². The predicted octanol–water partition coefficient (Wildman–Crippen LogP) is 4.33. The van der Waals surface area contributed by atoms with Gasteiger partial charge in [0.25, 0.3) is 0 Å².